The SMILES string of the molecule is CC(C)CC1(c2nnc(CCCNC(C)C)o2)CCCC1. The Balaban J connectivity index is 1.94. The molecule has 0 bridgehead atoms. The predicted molar refractivity (Wildman–Crippen MR) is 85.4 cm³/mol. The van der Waals surface area contributed by atoms with Crippen molar-refractivity contribution >= 4 is 0 Å². The van der Waals surface area contributed by atoms with Crippen LogP contribution in [0.2, 0.25) is 0 Å². The van der Waals surface area contributed by atoms with Gasteiger partial charge in [-0.15, -0.1) is 10.2 Å². The van der Waals surface area contributed by atoms with E-state index in [1.54, 1.807) is 0 Å². The lowest BCUT2D eigenvalue weighted by Crippen LogP contribution is -2.24. The summed E-state index contributed by atoms with van der Waals surface area (Å²) in [5.74, 6) is 2.39. The Labute approximate surface area is 129 Å². The van der Waals surface area contributed by atoms with Crippen LogP contribution in [0.5, 0.6) is 0 Å². The number of nitrogens with zero attached hydrogens (tertiary/aromatic N) is 2. The van der Waals surface area contributed by atoms with Crippen LogP contribution >= 0.6 is 0 Å². The van der Waals surface area contributed by atoms with Crippen molar-refractivity contribution in [3.63, 3.8) is 0 Å². The van der Waals surface area contributed by atoms with Crippen LogP contribution in [-0.4, -0.2) is 22.8 Å². The van der Waals surface area contributed by atoms with Crippen molar-refractivity contribution in [1.82, 2.24) is 15.5 Å². The maximum atomic E-state index is 6.03. The first-order chi connectivity index (χ1) is 10.0. The molecule has 1 fully saturated rings. The number of aryl methyl sites for hydroxylation is 1. The molecule has 0 unspecified atom stereocenters. The van der Waals surface area contributed by atoms with Gasteiger partial charge in [0.1, 0.15) is 0 Å². The number of nitrogens with one attached hydrogen (secondary N) is 1. The molecule has 0 spiro atoms. The van der Waals surface area contributed by atoms with Crippen LogP contribution < -0.4 is 5.32 Å². The van der Waals surface area contributed by atoms with Gasteiger partial charge in [-0.05, 0) is 38.1 Å². The Hall–Kier alpha value is -0.900. The molecule has 1 heterocycles. The summed E-state index contributed by atoms with van der Waals surface area (Å²) < 4.78 is 6.03. The van der Waals surface area contributed by atoms with Crippen LogP contribution in [-0.2, 0) is 11.8 Å². The smallest absolute Gasteiger partial charge is 0.222 e. The first-order valence-electron chi connectivity index (χ1n) is 8.58. The van der Waals surface area contributed by atoms with Gasteiger partial charge in [-0.2, -0.15) is 0 Å². The van der Waals surface area contributed by atoms with Crippen molar-refractivity contribution in [2.24, 2.45) is 5.92 Å². The molecule has 1 aromatic heterocycles. The molecule has 0 aromatic carbocycles. The summed E-state index contributed by atoms with van der Waals surface area (Å²) in [6.45, 7) is 9.91. The van der Waals surface area contributed by atoms with Gasteiger partial charge in [-0.25, -0.2) is 0 Å². The summed E-state index contributed by atoms with van der Waals surface area (Å²) in [6, 6.07) is 0.538. The minimum absolute atomic E-state index is 0.162. The van der Waals surface area contributed by atoms with Crippen molar-refractivity contribution in [1.29, 1.82) is 0 Å². The van der Waals surface area contributed by atoms with E-state index < -0.39 is 0 Å². The molecule has 1 saturated carbocycles. The fourth-order valence-corrected chi connectivity index (χ4v) is 3.54. The monoisotopic (exact) mass is 293 g/mol. The second-order valence-electron chi connectivity index (χ2n) is 7.30. The van der Waals surface area contributed by atoms with E-state index in [1.165, 1.54) is 32.1 Å². The van der Waals surface area contributed by atoms with Gasteiger partial charge in [0.05, 0.1) is 0 Å². The minimum Gasteiger partial charge on any atom is -0.425 e. The summed E-state index contributed by atoms with van der Waals surface area (Å²) in [5.41, 5.74) is 0.162. The van der Waals surface area contributed by atoms with Gasteiger partial charge in [-0.1, -0.05) is 40.5 Å². The minimum atomic E-state index is 0.162. The van der Waals surface area contributed by atoms with Gasteiger partial charge in [0.15, 0.2) is 0 Å². The lowest BCUT2D eigenvalue weighted by molar-refractivity contribution is 0.267. The van der Waals surface area contributed by atoms with E-state index >= 15 is 0 Å². The first-order valence-corrected chi connectivity index (χ1v) is 8.58. The molecular weight excluding hydrogens is 262 g/mol. The van der Waals surface area contributed by atoms with Crippen molar-refractivity contribution < 1.29 is 4.42 Å². The van der Waals surface area contributed by atoms with Gasteiger partial charge in [0, 0.05) is 17.9 Å². The molecule has 0 radical (unpaired) electrons. The largest absolute Gasteiger partial charge is 0.425 e. The topological polar surface area (TPSA) is 51.0 Å². The molecule has 1 N–H and O–H groups in total. The molecule has 21 heavy (non-hydrogen) atoms. The normalized spacial score (nSPS) is 18.0. The molecule has 0 saturated heterocycles. The van der Waals surface area contributed by atoms with E-state index in [0.717, 1.165) is 31.2 Å². The first kappa shape index (κ1) is 16.5. The van der Waals surface area contributed by atoms with Gasteiger partial charge in [0.2, 0.25) is 11.8 Å². The number of rotatable bonds is 8. The second-order valence-corrected chi connectivity index (χ2v) is 7.30. The Morgan fingerprint density at radius 1 is 1.14 bits per heavy atom. The van der Waals surface area contributed by atoms with Gasteiger partial charge in [-0.3, -0.25) is 0 Å². The van der Waals surface area contributed by atoms with Crippen LogP contribution in [0, 0.1) is 5.92 Å². The van der Waals surface area contributed by atoms with Crippen LogP contribution in [0.4, 0.5) is 0 Å². The fraction of sp³-hybridized carbons (Fsp3) is 0.882. The summed E-state index contributed by atoms with van der Waals surface area (Å²) >= 11 is 0. The molecule has 4 nitrogen and oxygen atoms in total. The highest BCUT2D eigenvalue weighted by Gasteiger charge is 2.40. The average Bonchev–Trinajstić information content (AvgIpc) is 3.03. The van der Waals surface area contributed by atoms with E-state index in [9.17, 15) is 0 Å². The van der Waals surface area contributed by atoms with E-state index in [0.29, 0.717) is 12.0 Å². The third kappa shape index (κ3) is 4.53. The Morgan fingerprint density at radius 2 is 1.86 bits per heavy atom. The highest BCUT2D eigenvalue weighted by molar-refractivity contribution is 5.07. The Kier molecular flexibility index (Phi) is 5.80. The zero-order valence-electron chi connectivity index (χ0n) is 14.1. The zero-order valence-corrected chi connectivity index (χ0v) is 14.1. The third-order valence-electron chi connectivity index (χ3n) is 4.40. The second kappa shape index (κ2) is 7.39. The molecule has 1 aromatic rings. The van der Waals surface area contributed by atoms with E-state index in [4.69, 9.17) is 4.42 Å². The maximum absolute atomic E-state index is 6.03. The van der Waals surface area contributed by atoms with Crippen molar-refractivity contribution in [2.75, 3.05) is 6.54 Å². The van der Waals surface area contributed by atoms with E-state index in [1.807, 2.05) is 0 Å². The van der Waals surface area contributed by atoms with E-state index in [-0.39, 0.29) is 5.41 Å². The summed E-state index contributed by atoms with van der Waals surface area (Å²) in [7, 11) is 0. The number of aromatic nitrogens is 2. The standard InChI is InChI=1S/C17H31N3O/c1-13(2)12-17(9-5-6-10-17)16-20-19-15(21-16)8-7-11-18-14(3)4/h13-14,18H,5-12H2,1-4H3. The van der Waals surface area contributed by atoms with Crippen LogP contribution in [0.1, 0.15) is 78.0 Å². The molecule has 2 rings (SSSR count). The lowest BCUT2D eigenvalue weighted by Gasteiger charge is -2.26. The lowest BCUT2D eigenvalue weighted by atomic mass is 9.78. The highest BCUT2D eigenvalue weighted by atomic mass is 16.4. The fourth-order valence-electron chi connectivity index (χ4n) is 3.54. The molecule has 120 valence electrons. The number of hydrogen-bond acceptors (Lipinski definition) is 4. The predicted octanol–water partition coefficient (Wildman–Crippen LogP) is 3.86. The number of hydrogen-bond donors (Lipinski definition) is 1. The van der Waals surface area contributed by atoms with Crippen LogP contribution in [0.25, 0.3) is 0 Å². The highest BCUT2D eigenvalue weighted by Crippen LogP contribution is 2.44. The van der Waals surface area contributed by atoms with Gasteiger partial charge >= 0.3 is 0 Å². The quantitative estimate of drug-likeness (QED) is 0.739. The molecule has 0 amide bonds. The van der Waals surface area contributed by atoms with Crippen LogP contribution in [0.3, 0.4) is 0 Å². The van der Waals surface area contributed by atoms with Crippen LogP contribution in [0.15, 0.2) is 4.42 Å². The van der Waals surface area contributed by atoms with Gasteiger partial charge in [0.25, 0.3) is 0 Å². The van der Waals surface area contributed by atoms with Crippen molar-refractivity contribution in [2.45, 2.75) is 84.1 Å². The summed E-state index contributed by atoms with van der Waals surface area (Å²) in [6.07, 6.45) is 8.11. The molecule has 1 aliphatic rings. The summed E-state index contributed by atoms with van der Waals surface area (Å²) in [5, 5.41) is 12.1. The van der Waals surface area contributed by atoms with Crippen molar-refractivity contribution in [3.05, 3.63) is 11.8 Å². The molecule has 0 atom stereocenters. The maximum Gasteiger partial charge on any atom is 0.222 e. The Morgan fingerprint density at radius 3 is 2.48 bits per heavy atom. The van der Waals surface area contributed by atoms with Crippen molar-refractivity contribution in [3.8, 4) is 0 Å². The zero-order chi connectivity index (χ0) is 15.3. The summed E-state index contributed by atoms with van der Waals surface area (Å²) in [4.78, 5) is 0. The molecule has 1 aliphatic carbocycles. The third-order valence-corrected chi connectivity index (χ3v) is 4.40. The van der Waals surface area contributed by atoms with E-state index in [2.05, 4.69) is 43.2 Å². The van der Waals surface area contributed by atoms with Gasteiger partial charge < -0.3 is 9.73 Å². The molecule has 4 heteroatoms. The molecular formula is C17H31N3O. The average molecular weight is 293 g/mol. The Bertz CT molecular complexity index is 419. The molecule has 0 aliphatic heterocycles.